The average molecular weight is 345 g/mol. The Bertz CT molecular complexity index is 554. The van der Waals surface area contributed by atoms with Gasteiger partial charge in [-0.15, -0.1) is 0 Å². The predicted octanol–water partition coefficient (Wildman–Crippen LogP) is 3.28. The number of benzene rings is 1. The fraction of sp³-hybridized carbons (Fsp3) is 0.467. The summed E-state index contributed by atoms with van der Waals surface area (Å²) < 4.78 is 34.0. The van der Waals surface area contributed by atoms with E-state index in [-0.39, 0.29) is 11.5 Å². The molecule has 0 saturated carbocycles. The summed E-state index contributed by atoms with van der Waals surface area (Å²) in [4.78, 5) is 0. The quantitative estimate of drug-likeness (QED) is 0.328. The fourth-order valence-electron chi connectivity index (χ4n) is 1.70. The molecule has 0 unspecified atom stereocenters. The Hall–Kier alpha value is -1.96. The van der Waals surface area contributed by atoms with Crippen LogP contribution in [0.4, 0.5) is 8.78 Å². The van der Waals surface area contributed by atoms with E-state index in [1.807, 2.05) is 0 Å². The third kappa shape index (κ3) is 6.77. The number of nitrogens with zero attached hydrogens (tertiary/aromatic N) is 1. The number of alkyl halides is 2. The minimum Gasteiger partial charge on any atom is -0.493 e. The molecule has 0 aliphatic heterocycles. The third-order valence-electron chi connectivity index (χ3n) is 2.94. The molecule has 0 radical (unpaired) electrons. The van der Waals surface area contributed by atoms with Crippen molar-refractivity contribution >= 4 is 23.0 Å². The van der Waals surface area contributed by atoms with Crippen LogP contribution in [-0.4, -0.2) is 31.1 Å². The Labute approximate surface area is 140 Å². The molecule has 1 aromatic carbocycles. The van der Waals surface area contributed by atoms with Gasteiger partial charge in [-0.1, -0.05) is 13.3 Å². The minimum absolute atomic E-state index is 0.0243. The second-order valence-electron chi connectivity index (χ2n) is 4.66. The Balaban J connectivity index is 2.73. The number of halogens is 2. The standard InChI is InChI=1S/C15H21F2N3O2S/c1-4-5-8-18-15(23)20-19-10(2)11-6-7-12(22-14(16)17)13(9-11)21-3/h6-7,9,14H,4-5,8H2,1-3H3,(H2,18,20,23)/b19-10-. The molecule has 0 aromatic heterocycles. The molecule has 8 heteroatoms. The highest BCUT2D eigenvalue weighted by Gasteiger charge is 2.12. The average Bonchev–Trinajstić information content (AvgIpc) is 2.52. The first kappa shape index (κ1) is 19.1. The van der Waals surface area contributed by atoms with Crippen LogP contribution in [0.1, 0.15) is 32.3 Å². The largest absolute Gasteiger partial charge is 0.493 e. The second-order valence-corrected chi connectivity index (χ2v) is 5.07. The van der Waals surface area contributed by atoms with Gasteiger partial charge in [-0.25, -0.2) is 0 Å². The van der Waals surface area contributed by atoms with Crippen molar-refractivity contribution in [3.63, 3.8) is 0 Å². The number of hydrazone groups is 1. The van der Waals surface area contributed by atoms with Gasteiger partial charge in [0.2, 0.25) is 0 Å². The van der Waals surface area contributed by atoms with Crippen molar-refractivity contribution in [3.8, 4) is 11.5 Å². The summed E-state index contributed by atoms with van der Waals surface area (Å²) in [6.45, 7) is 1.74. The van der Waals surface area contributed by atoms with E-state index in [4.69, 9.17) is 17.0 Å². The van der Waals surface area contributed by atoms with Crippen LogP contribution in [0.5, 0.6) is 11.5 Å². The summed E-state index contributed by atoms with van der Waals surface area (Å²) >= 11 is 5.10. The summed E-state index contributed by atoms with van der Waals surface area (Å²) in [5.41, 5.74) is 4.07. The van der Waals surface area contributed by atoms with Gasteiger partial charge in [0.1, 0.15) is 0 Å². The first-order valence-corrected chi connectivity index (χ1v) is 7.60. The van der Waals surface area contributed by atoms with Crippen molar-refractivity contribution in [2.75, 3.05) is 13.7 Å². The van der Waals surface area contributed by atoms with Gasteiger partial charge < -0.3 is 14.8 Å². The Kier molecular flexibility index (Phi) is 8.25. The van der Waals surface area contributed by atoms with E-state index in [2.05, 4.69) is 27.5 Å². The van der Waals surface area contributed by atoms with Gasteiger partial charge in [0.15, 0.2) is 16.6 Å². The lowest BCUT2D eigenvalue weighted by molar-refractivity contribution is -0.0512. The van der Waals surface area contributed by atoms with E-state index < -0.39 is 6.61 Å². The monoisotopic (exact) mass is 345 g/mol. The molecule has 23 heavy (non-hydrogen) atoms. The molecule has 2 N–H and O–H groups in total. The smallest absolute Gasteiger partial charge is 0.387 e. The lowest BCUT2D eigenvalue weighted by Crippen LogP contribution is -2.33. The number of unbranched alkanes of at least 4 members (excludes halogenated alkanes) is 1. The van der Waals surface area contributed by atoms with Crippen LogP contribution >= 0.6 is 12.2 Å². The molecule has 0 spiro atoms. The topological polar surface area (TPSA) is 54.9 Å². The van der Waals surface area contributed by atoms with Gasteiger partial charge in [-0.3, -0.25) is 5.43 Å². The van der Waals surface area contributed by atoms with Crippen LogP contribution in [0, 0.1) is 0 Å². The second kappa shape index (κ2) is 9.94. The highest BCUT2D eigenvalue weighted by atomic mass is 32.1. The summed E-state index contributed by atoms with van der Waals surface area (Å²) in [5, 5.41) is 7.62. The summed E-state index contributed by atoms with van der Waals surface area (Å²) in [5.74, 6) is 0.185. The Morgan fingerprint density at radius 2 is 2.09 bits per heavy atom. The molecule has 1 rings (SSSR count). The third-order valence-corrected chi connectivity index (χ3v) is 3.17. The molecule has 1 aromatic rings. The number of hydrogen-bond donors (Lipinski definition) is 2. The van der Waals surface area contributed by atoms with E-state index in [1.165, 1.54) is 13.2 Å². The van der Waals surface area contributed by atoms with E-state index >= 15 is 0 Å². The molecule has 5 nitrogen and oxygen atoms in total. The summed E-state index contributed by atoms with van der Waals surface area (Å²) in [6.07, 6.45) is 2.10. The van der Waals surface area contributed by atoms with E-state index in [0.717, 1.165) is 19.4 Å². The molecule has 0 amide bonds. The zero-order valence-electron chi connectivity index (χ0n) is 13.4. The van der Waals surface area contributed by atoms with Crippen LogP contribution in [0.15, 0.2) is 23.3 Å². The summed E-state index contributed by atoms with van der Waals surface area (Å²) in [6, 6.07) is 4.61. The highest BCUT2D eigenvalue weighted by Crippen LogP contribution is 2.29. The van der Waals surface area contributed by atoms with Crippen molar-refractivity contribution in [1.29, 1.82) is 0 Å². The normalized spacial score (nSPS) is 11.3. The molecule has 0 fully saturated rings. The first-order valence-electron chi connectivity index (χ1n) is 7.19. The van der Waals surface area contributed by atoms with Crippen molar-refractivity contribution in [3.05, 3.63) is 23.8 Å². The maximum atomic E-state index is 12.3. The number of ether oxygens (including phenoxy) is 2. The van der Waals surface area contributed by atoms with Crippen LogP contribution in [0.3, 0.4) is 0 Å². The van der Waals surface area contributed by atoms with Gasteiger partial charge in [-0.2, -0.15) is 13.9 Å². The van der Waals surface area contributed by atoms with Gasteiger partial charge in [0.05, 0.1) is 12.8 Å². The maximum absolute atomic E-state index is 12.3. The molecule has 128 valence electrons. The van der Waals surface area contributed by atoms with Crippen molar-refractivity contribution in [2.24, 2.45) is 5.10 Å². The number of nitrogens with one attached hydrogen (secondary N) is 2. The van der Waals surface area contributed by atoms with Crippen molar-refractivity contribution in [1.82, 2.24) is 10.7 Å². The molecular weight excluding hydrogens is 324 g/mol. The van der Waals surface area contributed by atoms with Gasteiger partial charge in [0, 0.05) is 12.1 Å². The molecule has 0 aliphatic carbocycles. The Morgan fingerprint density at radius 3 is 2.70 bits per heavy atom. The first-order chi connectivity index (χ1) is 11.0. The van der Waals surface area contributed by atoms with Crippen molar-refractivity contribution in [2.45, 2.75) is 33.3 Å². The molecule has 0 heterocycles. The number of hydrogen-bond acceptors (Lipinski definition) is 4. The van der Waals surface area contributed by atoms with Crippen molar-refractivity contribution < 1.29 is 18.3 Å². The maximum Gasteiger partial charge on any atom is 0.387 e. The number of methoxy groups -OCH3 is 1. The van der Waals surface area contributed by atoms with Crippen LogP contribution in [-0.2, 0) is 0 Å². The van der Waals surface area contributed by atoms with E-state index in [1.54, 1.807) is 19.1 Å². The number of thiocarbonyl (C=S) groups is 1. The lowest BCUT2D eigenvalue weighted by Gasteiger charge is -2.12. The molecule has 0 aliphatic rings. The van der Waals surface area contributed by atoms with Gasteiger partial charge in [-0.05, 0) is 43.8 Å². The van der Waals surface area contributed by atoms with E-state index in [0.29, 0.717) is 16.4 Å². The Morgan fingerprint density at radius 1 is 1.35 bits per heavy atom. The zero-order valence-corrected chi connectivity index (χ0v) is 14.2. The van der Waals surface area contributed by atoms with Crippen LogP contribution < -0.4 is 20.2 Å². The minimum atomic E-state index is -2.90. The molecule has 0 saturated heterocycles. The lowest BCUT2D eigenvalue weighted by atomic mass is 10.1. The predicted molar refractivity (Wildman–Crippen MR) is 90.5 cm³/mol. The van der Waals surface area contributed by atoms with Gasteiger partial charge >= 0.3 is 6.61 Å². The summed E-state index contributed by atoms with van der Waals surface area (Å²) in [7, 11) is 1.38. The molecule has 0 bridgehead atoms. The van der Waals surface area contributed by atoms with Crippen LogP contribution in [0.25, 0.3) is 0 Å². The number of rotatable bonds is 8. The SMILES string of the molecule is CCCCNC(=S)N/N=C(/C)c1ccc(OC(F)F)c(OC)c1. The van der Waals surface area contributed by atoms with Crippen LogP contribution in [0.2, 0.25) is 0 Å². The fourth-order valence-corrected chi connectivity index (χ4v) is 1.85. The van der Waals surface area contributed by atoms with Gasteiger partial charge in [0.25, 0.3) is 0 Å². The zero-order chi connectivity index (χ0) is 17.2. The highest BCUT2D eigenvalue weighted by molar-refractivity contribution is 7.80. The molecule has 0 atom stereocenters. The van der Waals surface area contributed by atoms with E-state index in [9.17, 15) is 8.78 Å². The molecular formula is C15H21F2N3O2S.